The standard InChI is InChI=1S/C23H26N4O4/c1-2-19-17(21-5-3-4-11-27(21)25-19)13-15-6-8-16(9-7-15)22(28)24-20-10-12-31-14-18(20)23(29)26-30/h3-9,11,18,20,30H,2,10,12-14H2,1H3,(H,24,28)(H,26,29)/t18-,20+/m0/s1. The number of rotatable bonds is 6. The maximum Gasteiger partial charge on any atom is 0.251 e. The third kappa shape index (κ3) is 4.45. The molecule has 1 fully saturated rings. The van der Waals surface area contributed by atoms with Crippen LogP contribution in [0, 0.1) is 5.92 Å². The van der Waals surface area contributed by atoms with Crippen LogP contribution < -0.4 is 10.8 Å². The van der Waals surface area contributed by atoms with Crippen LogP contribution in [-0.2, 0) is 22.4 Å². The van der Waals surface area contributed by atoms with Crippen molar-refractivity contribution in [1.29, 1.82) is 0 Å². The molecule has 0 saturated carbocycles. The summed E-state index contributed by atoms with van der Waals surface area (Å²) in [5, 5.41) is 16.5. The molecule has 4 rings (SSSR count). The third-order valence-corrected chi connectivity index (χ3v) is 5.78. The summed E-state index contributed by atoms with van der Waals surface area (Å²) >= 11 is 0. The van der Waals surface area contributed by atoms with Gasteiger partial charge in [0.25, 0.3) is 11.8 Å². The van der Waals surface area contributed by atoms with E-state index in [4.69, 9.17) is 9.94 Å². The number of ether oxygens (including phenoxy) is 1. The van der Waals surface area contributed by atoms with Gasteiger partial charge < -0.3 is 10.1 Å². The Morgan fingerprint density at radius 3 is 2.77 bits per heavy atom. The molecule has 1 saturated heterocycles. The molecule has 8 heteroatoms. The van der Waals surface area contributed by atoms with Crippen LogP contribution >= 0.6 is 0 Å². The minimum atomic E-state index is -0.620. The Morgan fingerprint density at radius 1 is 1.23 bits per heavy atom. The largest absolute Gasteiger partial charge is 0.380 e. The average molecular weight is 422 g/mol. The van der Waals surface area contributed by atoms with Crippen molar-refractivity contribution in [2.24, 2.45) is 5.92 Å². The van der Waals surface area contributed by atoms with Gasteiger partial charge in [0.2, 0.25) is 0 Å². The number of amides is 2. The molecule has 8 nitrogen and oxygen atoms in total. The second kappa shape index (κ2) is 9.28. The average Bonchev–Trinajstić information content (AvgIpc) is 3.17. The summed E-state index contributed by atoms with van der Waals surface area (Å²) in [5.41, 5.74) is 6.62. The molecular weight excluding hydrogens is 396 g/mol. The highest BCUT2D eigenvalue weighted by Crippen LogP contribution is 2.21. The highest BCUT2D eigenvalue weighted by Gasteiger charge is 2.32. The lowest BCUT2D eigenvalue weighted by atomic mass is 9.94. The molecule has 0 bridgehead atoms. The van der Waals surface area contributed by atoms with Crippen LogP contribution in [-0.4, -0.2) is 45.9 Å². The predicted molar refractivity (Wildman–Crippen MR) is 114 cm³/mol. The fraction of sp³-hybridized carbons (Fsp3) is 0.348. The highest BCUT2D eigenvalue weighted by molar-refractivity contribution is 5.95. The quantitative estimate of drug-likeness (QED) is 0.417. The topological polar surface area (TPSA) is 105 Å². The van der Waals surface area contributed by atoms with E-state index in [-0.39, 0.29) is 18.6 Å². The zero-order chi connectivity index (χ0) is 21.8. The van der Waals surface area contributed by atoms with Crippen LogP contribution in [0.4, 0.5) is 0 Å². The minimum absolute atomic E-state index is 0.162. The Labute approximate surface area is 180 Å². The van der Waals surface area contributed by atoms with Gasteiger partial charge in [-0.25, -0.2) is 10.00 Å². The van der Waals surface area contributed by atoms with E-state index in [1.165, 1.54) is 5.56 Å². The summed E-state index contributed by atoms with van der Waals surface area (Å²) in [4.78, 5) is 24.6. The molecule has 1 aromatic carbocycles. The van der Waals surface area contributed by atoms with E-state index < -0.39 is 11.8 Å². The molecule has 2 atom stereocenters. The van der Waals surface area contributed by atoms with E-state index >= 15 is 0 Å². The van der Waals surface area contributed by atoms with Crippen molar-refractivity contribution in [3.8, 4) is 0 Å². The summed E-state index contributed by atoms with van der Waals surface area (Å²) in [6.45, 7) is 2.72. The molecule has 0 aliphatic carbocycles. The number of carbonyl (C=O) groups is 2. The Balaban J connectivity index is 1.47. The van der Waals surface area contributed by atoms with Gasteiger partial charge >= 0.3 is 0 Å². The van der Waals surface area contributed by atoms with Gasteiger partial charge in [0.1, 0.15) is 0 Å². The maximum atomic E-state index is 12.7. The molecule has 3 heterocycles. The molecule has 162 valence electrons. The molecule has 1 aliphatic heterocycles. The second-order valence-corrected chi connectivity index (χ2v) is 7.71. The number of pyridine rings is 1. The number of hydrogen-bond donors (Lipinski definition) is 3. The number of benzene rings is 1. The van der Waals surface area contributed by atoms with Crippen LogP contribution in [0.2, 0.25) is 0 Å². The van der Waals surface area contributed by atoms with Gasteiger partial charge in [-0.2, -0.15) is 5.10 Å². The molecule has 0 unspecified atom stereocenters. The molecule has 0 spiro atoms. The van der Waals surface area contributed by atoms with E-state index in [0.29, 0.717) is 18.6 Å². The molecule has 3 N–H and O–H groups in total. The fourth-order valence-electron chi connectivity index (χ4n) is 4.06. The van der Waals surface area contributed by atoms with Gasteiger partial charge in [0.05, 0.1) is 23.7 Å². The van der Waals surface area contributed by atoms with E-state index in [1.54, 1.807) is 17.6 Å². The van der Waals surface area contributed by atoms with Gasteiger partial charge in [-0.3, -0.25) is 14.8 Å². The molecule has 2 amide bonds. The van der Waals surface area contributed by atoms with Gasteiger partial charge in [-0.1, -0.05) is 25.1 Å². The van der Waals surface area contributed by atoms with Crippen LogP contribution in [0.1, 0.15) is 40.5 Å². The van der Waals surface area contributed by atoms with Crippen LogP contribution in [0.3, 0.4) is 0 Å². The Bertz CT molecular complexity index is 1080. The van der Waals surface area contributed by atoms with Crippen molar-refractivity contribution in [2.75, 3.05) is 13.2 Å². The van der Waals surface area contributed by atoms with Crippen molar-refractivity contribution in [1.82, 2.24) is 20.4 Å². The number of carbonyl (C=O) groups excluding carboxylic acids is 2. The molecular formula is C23H26N4O4. The summed E-state index contributed by atoms with van der Waals surface area (Å²) in [6.07, 6.45) is 4.05. The first kappa shape index (κ1) is 21.0. The van der Waals surface area contributed by atoms with Crippen molar-refractivity contribution in [3.63, 3.8) is 0 Å². The lowest BCUT2D eigenvalue weighted by Crippen LogP contribution is -2.51. The van der Waals surface area contributed by atoms with Crippen molar-refractivity contribution < 1.29 is 19.5 Å². The second-order valence-electron chi connectivity index (χ2n) is 7.71. The Hall–Kier alpha value is -3.23. The number of nitrogens with one attached hydrogen (secondary N) is 2. The van der Waals surface area contributed by atoms with E-state index in [9.17, 15) is 9.59 Å². The Morgan fingerprint density at radius 2 is 2.03 bits per heavy atom. The van der Waals surface area contributed by atoms with Gasteiger partial charge in [-0.05, 0) is 42.7 Å². The SMILES string of the molecule is CCc1nn2ccccc2c1Cc1ccc(C(=O)N[C@@H]2CCOC[C@@H]2C(=O)NO)cc1. The van der Waals surface area contributed by atoms with Crippen LogP contribution in [0.5, 0.6) is 0 Å². The first-order valence-corrected chi connectivity index (χ1v) is 10.5. The van der Waals surface area contributed by atoms with Crippen molar-refractivity contribution >= 4 is 17.3 Å². The van der Waals surface area contributed by atoms with E-state index in [1.807, 2.05) is 35.0 Å². The molecule has 2 aromatic heterocycles. The molecule has 3 aromatic rings. The normalized spacial score (nSPS) is 18.6. The molecule has 0 radical (unpaired) electrons. The summed E-state index contributed by atoms with van der Waals surface area (Å²) < 4.78 is 7.21. The minimum Gasteiger partial charge on any atom is -0.380 e. The summed E-state index contributed by atoms with van der Waals surface area (Å²) in [5.74, 6) is -1.43. The van der Waals surface area contributed by atoms with Crippen molar-refractivity contribution in [3.05, 3.63) is 71.0 Å². The molecule has 1 aliphatic rings. The lowest BCUT2D eigenvalue weighted by molar-refractivity contribution is -0.138. The van der Waals surface area contributed by atoms with Crippen molar-refractivity contribution in [2.45, 2.75) is 32.2 Å². The maximum absolute atomic E-state index is 12.7. The van der Waals surface area contributed by atoms with Gasteiger partial charge in [-0.15, -0.1) is 0 Å². The van der Waals surface area contributed by atoms with Gasteiger partial charge in [0, 0.05) is 36.4 Å². The van der Waals surface area contributed by atoms with E-state index in [2.05, 4.69) is 23.4 Å². The first-order chi connectivity index (χ1) is 15.1. The Kier molecular flexibility index (Phi) is 6.29. The van der Waals surface area contributed by atoms with E-state index in [0.717, 1.165) is 29.6 Å². The summed E-state index contributed by atoms with van der Waals surface area (Å²) in [7, 11) is 0. The zero-order valence-electron chi connectivity index (χ0n) is 17.4. The number of hydroxylamine groups is 1. The first-order valence-electron chi connectivity index (χ1n) is 10.5. The highest BCUT2D eigenvalue weighted by atomic mass is 16.5. The predicted octanol–water partition coefficient (Wildman–Crippen LogP) is 2.13. The number of hydrogen-bond acceptors (Lipinski definition) is 5. The summed E-state index contributed by atoms with van der Waals surface area (Å²) in [6, 6.07) is 13.1. The number of aromatic nitrogens is 2. The van der Waals surface area contributed by atoms with Crippen LogP contribution in [0.25, 0.3) is 5.52 Å². The number of nitrogens with zero attached hydrogens (tertiary/aromatic N) is 2. The smallest absolute Gasteiger partial charge is 0.251 e. The lowest BCUT2D eigenvalue weighted by Gasteiger charge is -2.30. The zero-order valence-corrected chi connectivity index (χ0v) is 17.4. The number of aryl methyl sites for hydroxylation is 1. The van der Waals surface area contributed by atoms with Gasteiger partial charge in [0.15, 0.2) is 0 Å². The fourth-order valence-corrected chi connectivity index (χ4v) is 4.06. The van der Waals surface area contributed by atoms with Crippen LogP contribution in [0.15, 0.2) is 48.7 Å². The number of fused-ring (bicyclic) bond motifs is 1. The monoisotopic (exact) mass is 422 g/mol. The molecule has 31 heavy (non-hydrogen) atoms. The third-order valence-electron chi connectivity index (χ3n) is 5.78.